The Labute approximate surface area is 255 Å². The number of aryl methyl sites for hydroxylation is 1. The minimum atomic E-state index is -3.38. The summed E-state index contributed by atoms with van der Waals surface area (Å²) in [5.74, 6) is -0.0168. The van der Waals surface area contributed by atoms with E-state index in [2.05, 4.69) is 5.32 Å². The maximum Gasteiger partial charge on any atom is 0.266 e. The maximum atomic E-state index is 14.8. The van der Waals surface area contributed by atoms with Gasteiger partial charge >= 0.3 is 0 Å². The molecule has 1 amide bonds. The molecular weight excluding hydrogens is 595 g/mol. The van der Waals surface area contributed by atoms with Crippen molar-refractivity contribution in [2.24, 2.45) is 0 Å². The van der Waals surface area contributed by atoms with E-state index in [4.69, 9.17) is 16.3 Å². The summed E-state index contributed by atoms with van der Waals surface area (Å²) in [7, 11) is 0.159. The van der Waals surface area contributed by atoms with Crippen molar-refractivity contribution in [1.29, 1.82) is 0 Å². The minimum absolute atomic E-state index is 0.0451. The number of carbonyl (C=O) groups is 1. The van der Waals surface area contributed by atoms with Crippen molar-refractivity contribution >= 4 is 48.8 Å². The van der Waals surface area contributed by atoms with Crippen LogP contribution in [0.2, 0.25) is 5.02 Å². The molecule has 1 N–H and O–H groups in total. The SMILES string of the molecule is CNC1CCC(N(Cc2cc(-c3cccc(S(C)(=O)=O)c3)ccc2OC)C(=O)c2sc3c(F)ccc(C)c3c2Cl)CC1. The molecular formula is C32H34ClFN2O4S2. The predicted molar refractivity (Wildman–Crippen MR) is 168 cm³/mol. The van der Waals surface area contributed by atoms with E-state index in [1.165, 1.54) is 12.3 Å². The molecule has 1 fully saturated rings. The number of fused-ring (bicyclic) bond motifs is 1. The van der Waals surface area contributed by atoms with Gasteiger partial charge in [-0.3, -0.25) is 4.79 Å². The third-order valence-corrected chi connectivity index (χ3v) is 10.9. The summed E-state index contributed by atoms with van der Waals surface area (Å²) in [5, 5.41) is 4.20. The van der Waals surface area contributed by atoms with Gasteiger partial charge in [-0.15, -0.1) is 11.3 Å². The second-order valence-corrected chi connectivity index (χ2v) is 14.3. The van der Waals surface area contributed by atoms with Gasteiger partial charge in [0.2, 0.25) is 0 Å². The number of rotatable bonds is 8. The molecule has 0 aliphatic heterocycles. The van der Waals surface area contributed by atoms with Crippen LogP contribution in [0.3, 0.4) is 0 Å². The van der Waals surface area contributed by atoms with Crippen molar-refractivity contribution in [1.82, 2.24) is 10.2 Å². The molecule has 0 bridgehead atoms. The molecule has 1 aliphatic carbocycles. The Kier molecular flexibility index (Phi) is 8.94. The van der Waals surface area contributed by atoms with Crippen molar-refractivity contribution < 1.29 is 22.3 Å². The highest BCUT2D eigenvalue weighted by Gasteiger charge is 2.33. The Balaban J connectivity index is 1.57. The van der Waals surface area contributed by atoms with Crippen LogP contribution < -0.4 is 10.1 Å². The van der Waals surface area contributed by atoms with Gasteiger partial charge in [0.25, 0.3) is 5.91 Å². The molecule has 0 radical (unpaired) electrons. The van der Waals surface area contributed by atoms with E-state index in [1.807, 2.05) is 43.1 Å². The Bertz CT molecular complexity index is 1750. The molecule has 0 spiro atoms. The molecule has 1 aromatic heterocycles. The number of thiophene rings is 1. The first-order valence-electron chi connectivity index (χ1n) is 13.8. The van der Waals surface area contributed by atoms with Gasteiger partial charge < -0.3 is 15.0 Å². The number of nitrogens with zero attached hydrogens (tertiary/aromatic N) is 1. The summed E-state index contributed by atoms with van der Waals surface area (Å²) in [6.45, 7) is 2.11. The topological polar surface area (TPSA) is 75.7 Å². The first kappa shape index (κ1) is 30.5. The second kappa shape index (κ2) is 12.3. The van der Waals surface area contributed by atoms with Gasteiger partial charge in [-0.2, -0.15) is 0 Å². The number of hydrogen-bond acceptors (Lipinski definition) is 6. The number of hydrogen-bond donors (Lipinski definition) is 1. The Morgan fingerprint density at radius 1 is 1.10 bits per heavy atom. The molecule has 0 saturated heterocycles. The number of sulfone groups is 1. The van der Waals surface area contributed by atoms with Gasteiger partial charge in [0.05, 0.1) is 21.7 Å². The number of halogens is 2. The average molecular weight is 629 g/mol. The fourth-order valence-electron chi connectivity index (χ4n) is 5.77. The zero-order valence-corrected chi connectivity index (χ0v) is 26.4. The molecule has 5 rings (SSSR count). The average Bonchev–Trinajstić information content (AvgIpc) is 3.35. The molecule has 222 valence electrons. The summed E-state index contributed by atoms with van der Waals surface area (Å²) < 4.78 is 45.3. The van der Waals surface area contributed by atoms with E-state index in [0.717, 1.165) is 59.3 Å². The molecule has 1 saturated carbocycles. The van der Waals surface area contributed by atoms with Crippen molar-refractivity contribution in [3.63, 3.8) is 0 Å². The third kappa shape index (κ3) is 6.06. The Morgan fingerprint density at radius 3 is 2.45 bits per heavy atom. The van der Waals surface area contributed by atoms with Crippen LogP contribution >= 0.6 is 22.9 Å². The first-order valence-corrected chi connectivity index (χ1v) is 16.9. The number of amides is 1. The summed E-state index contributed by atoms with van der Waals surface area (Å²) in [4.78, 5) is 16.7. The molecule has 42 heavy (non-hydrogen) atoms. The number of ether oxygens (including phenoxy) is 1. The van der Waals surface area contributed by atoms with Crippen LogP contribution in [0.25, 0.3) is 21.2 Å². The monoisotopic (exact) mass is 628 g/mol. The zero-order chi connectivity index (χ0) is 30.2. The fourth-order valence-corrected chi connectivity index (χ4v) is 8.06. The lowest BCUT2D eigenvalue weighted by molar-refractivity contribution is 0.0604. The number of benzene rings is 3. The lowest BCUT2D eigenvalue weighted by Crippen LogP contribution is -2.44. The largest absolute Gasteiger partial charge is 0.496 e. The van der Waals surface area contributed by atoms with E-state index in [0.29, 0.717) is 26.8 Å². The van der Waals surface area contributed by atoms with Gasteiger partial charge in [-0.05, 0) is 86.7 Å². The number of carbonyl (C=O) groups excluding carboxylic acids is 1. The van der Waals surface area contributed by atoms with Crippen molar-refractivity contribution in [3.8, 4) is 16.9 Å². The van der Waals surface area contributed by atoms with Crippen molar-refractivity contribution in [2.75, 3.05) is 20.4 Å². The van der Waals surface area contributed by atoms with Crippen LogP contribution in [0.1, 0.15) is 46.5 Å². The van der Waals surface area contributed by atoms with Gasteiger partial charge in [0, 0.05) is 35.8 Å². The highest BCUT2D eigenvalue weighted by molar-refractivity contribution is 7.90. The lowest BCUT2D eigenvalue weighted by Gasteiger charge is -2.37. The van der Waals surface area contributed by atoms with Crippen molar-refractivity contribution in [2.45, 2.75) is 56.1 Å². The van der Waals surface area contributed by atoms with E-state index >= 15 is 0 Å². The van der Waals surface area contributed by atoms with E-state index < -0.39 is 15.7 Å². The Hall–Kier alpha value is -2.98. The lowest BCUT2D eigenvalue weighted by atomic mass is 9.89. The van der Waals surface area contributed by atoms with Gasteiger partial charge in [0.1, 0.15) is 16.4 Å². The Morgan fingerprint density at radius 2 is 1.81 bits per heavy atom. The summed E-state index contributed by atoms with van der Waals surface area (Å²) in [5.41, 5.74) is 3.15. The quantitative estimate of drug-likeness (QED) is 0.222. The van der Waals surface area contributed by atoms with Crippen LogP contribution in [0, 0.1) is 12.7 Å². The standard InChI is InChI=1S/C32H34ClFN2O4S2/c1-19-8-14-26(34)30-28(19)29(33)31(41-30)32(37)36(24-12-10-23(35-2)11-13-24)18-22-16-21(9-15-27(22)40-3)20-6-5-7-25(17-20)42(4,38)39/h5-9,14-17,23-24,35H,10-13,18H2,1-4H3. The van der Waals surface area contributed by atoms with Crippen molar-refractivity contribution in [3.05, 3.63) is 81.4 Å². The van der Waals surface area contributed by atoms with Crippen LogP contribution in [0.4, 0.5) is 4.39 Å². The smallest absolute Gasteiger partial charge is 0.266 e. The molecule has 4 aromatic rings. The summed E-state index contributed by atoms with van der Waals surface area (Å²) in [6, 6.07) is 15.9. The fraction of sp³-hybridized carbons (Fsp3) is 0.344. The molecule has 0 unspecified atom stereocenters. The molecule has 10 heteroatoms. The number of methoxy groups -OCH3 is 1. The third-order valence-electron chi connectivity index (χ3n) is 8.16. The maximum absolute atomic E-state index is 14.8. The van der Waals surface area contributed by atoms with E-state index in [-0.39, 0.29) is 28.4 Å². The van der Waals surface area contributed by atoms with Gasteiger partial charge in [-0.25, -0.2) is 12.8 Å². The zero-order valence-electron chi connectivity index (χ0n) is 24.0. The minimum Gasteiger partial charge on any atom is -0.496 e. The highest BCUT2D eigenvalue weighted by Crippen LogP contribution is 2.41. The molecule has 1 aliphatic rings. The molecule has 3 aromatic carbocycles. The second-order valence-electron chi connectivity index (χ2n) is 10.9. The summed E-state index contributed by atoms with van der Waals surface area (Å²) in [6.07, 6.45) is 4.66. The molecule has 6 nitrogen and oxygen atoms in total. The van der Waals surface area contributed by atoms with Crippen LogP contribution in [-0.2, 0) is 16.4 Å². The molecule has 0 atom stereocenters. The van der Waals surface area contributed by atoms with Gasteiger partial charge in [-0.1, -0.05) is 35.9 Å². The van der Waals surface area contributed by atoms with Crippen LogP contribution in [-0.4, -0.2) is 51.7 Å². The summed E-state index contributed by atoms with van der Waals surface area (Å²) >= 11 is 7.88. The molecule has 1 heterocycles. The van der Waals surface area contributed by atoms with Crippen LogP contribution in [0.5, 0.6) is 5.75 Å². The van der Waals surface area contributed by atoms with Crippen LogP contribution in [0.15, 0.2) is 59.5 Å². The van der Waals surface area contributed by atoms with Gasteiger partial charge in [0.15, 0.2) is 9.84 Å². The predicted octanol–water partition coefficient (Wildman–Crippen LogP) is 7.25. The first-order chi connectivity index (χ1) is 20.0. The van der Waals surface area contributed by atoms with E-state index in [1.54, 1.807) is 31.4 Å². The highest BCUT2D eigenvalue weighted by atomic mass is 35.5. The normalized spacial score (nSPS) is 17.4. The van der Waals surface area contributed by atoms with E-state index in [9.17, 15) is 17.6 Å². The number of nitrogens with one attached hydrogen (secondary N) is 1.